The van der Waals surface area contributed by atoms with Crippen molar-refractivity contribution in [1.29, 1.82) is 0 Å². The molecule has 6 nitrogen and oxygen atoms in total. The number of carbonyl (C=O) groups excluding carboxylic acids is 2. The number of anilines is 1. The molecule has 2 amide bonds. The van der Waals surface area contributed by atoms with Gasteiger partial charge in [0.1, 0.15) is 5.75 Å². The number of carbonyl (C=O) groups is 2. The fourth-order valence-corrected chi connectivity index (χ4v) is 4.62. The maximum atomic E-state index is 13.2. The number of rotatable bonds is 4. The summed E-state index contributed by atoms with van der Waals surface area (Å²) in [7, 11) is 0. The summed E-state index contributed by atoms with van der Waals surface area (Å²) in [6.07, 6.45) is 3.47. The van der Waals surface area contributed by atoms with Crippen LogP contribution in [0.25, 0.3) is 0 Å². The molecule has 3 atom stereocenters. The van der Waals surface area contributed by atoms with Gasteiger partial charge in [0, 0.05) is 31.6 Å². The van der Waals surface area contributed by atoms with E-state index in [4.69, 9.17) is 4.74 Å². The largest absolute Gasteiger partial charge is 0.492 e. The first-order chi connectivity index (χ1) is 12.7. The molecule has 4 rings (SSSR count). The molecule has 3 aliphatic heterocycles. The lowest BCUT2D eigenvalue weighted by Gasteiger charge is -2.30. The second-order valence-corrected chi connectivity index (χ2v) is 7.43. The van der Waals surface area contributed by atoms with Crippen LogP contribution in [0.1, 0.15) is 32.6 Å². The van der Waals surface area contributed by atoms with Crippen LogP contribution in [0.3, 0.4) is 0 Å². The third-order valence-electron chi connectivity index (χ3n) is 5.84. The van der Waals surface area contributed by atoms with Gasteiger partial charge in [-0.1, -0.05) is 12.1 Å². The number of amides is 2. The Bertz CT molecular complexity index is 685. The van der Waals surface area contributed by atoms with Crippen LogP contribution >= 0.6 is 12.4 Å². The predicted molar refractivity (Wildman–Crippen MR) is 106 cm³/mol. The number of hydrogen-bond acceptors (Lipinski definition) is 4. The summed E-state index contributed by atoms with van der Waals surface area (Å²) in [4.78, 5) is 29.7. The molecule has 3 fully saturated rings. The third-order valence-corrected chi connectivity index (χ3v) is 5.84. The van der Waals surface area contributed by atoms with E-state index in [2.05, 4.69) is 10.2 Å². The quantitative estimate of drug-likeness (QED) is 0.852. The van der Waals surface area contributed by atoms with Crippen LogP contribution in [0.2, 0.25) is 0 Å². The smallest absolute Gasteiger partial charge is 0.228 e. The van der Waals surface area contributed by atoms with Gasteiger partial charge in [-0.2, -0.15) is 0 Å². The summed E-state index contributed by atoms with van der Waals surface area (Å²) in [5.74, 6) is 0.621. The highest BCUT2D eigenvalue weighted by molar-refractivity contribution is 6.01. The molecule has 3 unspecified atom stereocenters. The van der Waals surface area contributed by atoms with E-state index in [0.717, 1.165) is 38.0 Å². The zero-order valence-corrected chi connectivity index (χ0v) is 16.5. The SMILES string of the molecule is CCOc1ccccc1N1CC(C(=O)N2C3CCNCC2CC3)CC1=O.Cl. The van der Waals surface area contributed by atoms with Crippen LogP contribution < -0.4 is 15.0 Å². The Kier molecular flexibility index (Phi) is 6.27. The molecule has 148 valence electrons. The lowest BCUT2D eigenvalue weighted by atomic mass is 10.1. The first-order valence-electron chi connectivity index (χ1n) is 9.74. The zero-order valence-electron chi connectivity index (χ0n) is 15.7. The highest BCUT2D eigenvalue weighted by Gasteiger charge is 2.44. The second kappa shape index (κ2) is 8.48. The molecule has 1 aromatic rings. The predicted octanol–water partition coefficient (Wildman–Crippen LogP) is 2.21. The van der Waals surface area contributed by atoms with E-state index in [9.17, 15) is 9.59 Å². The molecule has 7 heteroatoms. The molecule has 0 radical (unpaired) electrons. The average Bonchev–Trinajstić information content (AvgIpc) is 3.14. The van der Waals surface area contributed by atoms with Gasteiger partial charge in [0.2, 0.25) is 11.8 Å². The Balaban J connectivity index is 0.00000210. The van der Waals surface area contributed by atoms with Gasteiger partial charge in [-0.05, 0) is 44.9 Å². The van der Waals surface area contributed by atoms with Crippen LogP contribution in [0.5, 0.6) is 5.75 Å². The Labute approximate surface area is 166 Å². The van der Waals surface area contributed by atoms with Crippen LogP contribution in [0, 0.1) is 5.92 Å². The van der Waals surface area contributed by atoms with Crippen LogP contribution in [-0.4, -0.2) is 55.0 Å². The summed E-state index contributed by atoms with van der Waals surface area (Å²) in [5, 5.41) is 3.43. The minimum absolute atomic E-state index is 0. The Morgan fingerprint density at radius 2 is 2.00 bits per heavy atom. The number of halogens is 1. The van der Waals surface area contributed by atoms with Gasteiger partial charge in [-0.3, -0.25) is 9.59 Å². The van der Waals surface area contributed by atoms with E-state index in [1.165, 1.54) is 0 Å². The van der Waals surface area contributed by atoms with Crippen LogP contribution in [0.4, 0.5) is 5.69 Å². The molecule has 1 N–H and O–H groups in total. The molecule has 0 aliphatic carbocycles. The highest BCUT2D eigenvalue weighted by atomic mass is 35.5. The number of benzene rings is 1. The van der Waals surface area contributed by atoms with E-state index in [-0.39, 0.29) is 36.2 Å². The summed E-state index contributed by atoms with van der Waals surface area (Å²) in [5.41, 5.74) is 0.773. The van der Waals surface area contributed by atoms with Gasteiger partial charge in [0.15, 0.2) is 0 Å². The zero-order chi connectivity index (χ0) is 18.1. The lowest BCUT2D eigenvalue weighted by molar-refractivity contribution is -0.138. The molecule has 3 saturated heterocycles. The summed E-state index contributed by atoms with van der Waals surface area (Å²) in [6, 6.07) is 8.20. The Morgan fingerprint density at radius 3 is 2.81 bits per heavy atom. The van der Waals surface area contributed by atoms with Gasteiger partial charge in [0.25, 0.3) is 0 Å². The van der Waals surface area contributed by atoms with Gasteiger partial charge in [0.05, 0.1) is 18.2 Å². The molecule has 2 bridgehead atoms. The lowest BCUT2D eigenvalue weighted by Crippen LogP contribution is -2.46. The average molecular weight is 394 g/mol. The number of fused-ring (bicyclic) bond motifs is 2. The highest BCUT2D eigenvalue weighted by Crippen LogP contribution is 2.36. The minimum Gasteiger partial charge on any atom is -0.492 e. The van der Waals surface area contributed by atoms with Crippen LogP contribution in [-0.2, 0) is 9.59 Å². The normalized spacial score (nSPS) is 27.3. The van der Waals surface area contributed by atoms with E-state index < -0.39 is 0 Å². The van der Waals surface area contributed by atoms with E-state index in [0.29, 0.717) is 31.4 Å². The minimum atomic E-state index is -0.251. The third kappa shape index (κ3) is 3.78. The van der Waals surface area contributed by atoms with Crippen molar-refractivity contribution in [2.24, 2.45) is 5.92 Å². The molecule has 3 heterocycles. The number of nitrogens with one attached hydrogen (secondary N) is 1. The number of para-hydroxylation sites is 2. The monoisotopic (exact) mass is 393 g/mol. The van der Waals surface area contributed by atoms with Gasteiger partial charge < -0.3 is 19.9 Å². The second-order valence-electron chi connectivity index (χ2n) is 7.43. The van der Waals surface area contributed by atoms with E-state index in [1.807, 2.05) is 31.2 Å². The topological polar surface area (TPSA) is 61.9 Å². The number of nitrogens with zero attached hydrogens (tertiary/aromatic N) is 2. The van der Waals surface area contributed by atoms with Crippen molar-refractivity contribution in [3.05, 3.63) is 24.3 Å². The fraction of sp³-hybridized carbons (Fsp3) is 0.600. The van der Waals surface area contributed by atoms with E-state index >= 15 is 0 Å². The van der Waals surface area contributed by atoms with E-state index in [1.54, 1.807) is 4.90 Å². The Morgan fingerprint density at radius 1 is 1.22 bits per heavy atom. The molecular formula is C20H28ClN3O3. The Hall–Kier alpha value is -1.79. The number of hydrogen-bond donors (Lipinski definition) is 1. The molecule has 0 aromatic heterocycles. The van der Waals surface area contributed by atoms with Gasteiger partial charge in [-0.15, -0.1) is 12.4 Å². The standard InChI is InChI=1S/C20H27N3O3.ClH/c1-2-26-18-6-4-3-5-17(18)22-13-14(11-19(22)24)20(25)23-15-7-8-16(23)12-21-10-9-15;/h3-6,14-16,21H,2,7-13H2,1H3;1H. The summed E-state index contributed by atoms with van der Waals surface area (Å²) < 4.78 is 5.67. The van der Waals surface area contributed by atoms with Crippen molar-refractivity contribution in [2.75, 3.05) is 31.1 Å². The van der Waals surface area contributed by atoms with Crippen molar-refractivity contribution in [1.82, 2.24) is 10.2 Å². The maximum absolute atomic E-state index is 13.2. The molecule has 1 aromatic carbocycles. The van der Waals surface area contributed by atoms with Crippen molar-refractivity contribution < 1.29 is 14.3 Å². The first kappa shape index (κ1) is 20.0. The molecule has 27 heavy (non-hydrogen) atoms. The molecule has 0 spiro atoms. The fourth-order valence-electron chi connectivity index (χ4n) is 4.62. The molecular weight excluding hydrogens is 366 g/mol. The maximum Gasteiger partial charge on any atom is 0.228 e. The molecule has 0 saturated carbocycles. The van der Waals surface area contributed by atoms with Gasteiger partial charge >= 0.3 is 0 Å². The van der Waals surface area contributed by atoms with Crippen LogP contribution in [0.15, 0.2) is 24.3 Å². The van der Waals surface area contributed by atoms with Crippen molar-refractivity contribution in [3.8, 4) is 5.75 Å². The summed E-state index contributed by atoms with van der Waals surface area (Å²) in [6.45, 7) is 4.77. The van der Waals surface area contributed by atoms with Crippen molar-refractivity contribution >= 4 is 29.9 Å². The van der Waals surface area contributed by atoms with Crippen molar-refractivity contribution in [3.63, 3.8) is 0 Å². The first-order valence-corrected chi connectivity index (χ1v) is 9.74. The van der Waals surface area contributed by atoms with Gasteiger partial charge in [-0.25, -0.2) is 0 Å². The molecule has 3 aliphatic rings. The number of ether oxygens (including phenoxy) is 1. The summed E-state index contributed by atoms with van der Waals surface area (Å²) >= 11 is 0. The van der Waals surface area contributed by atoms with Crippen molar-refractivity contribution in [2.45, 2.75) is 44.7 Å².